The van der Waals surface area contributed by atoms with Crippen molar-refractivity contribution < 1.29 is 9.53 Å². The van der Waals surface area contributed by atoms with Gasteiger partial charge in [0.05, 0.1) is 29.2 Å². The number of halogens is 1. The van der Waals surface area contributed by atoms with Gasteiger partial charge in [0.2, 0.25) is 5.88 Å². The van der Waals surface area contributed by atoms with E-state index in [9.17, 15) is 4.79 Å². The topological polar surface area (TPSA) is 63.2 Å². The maximum atomic E-state index is 12.6. The van der Waals surface area contributed by atoms with Crippen molar-refractivity contribution >= 4 is 34.6 Å². The summed E-state index contributed by atoms with van der Waals surface area (Å²) in [5, 5.41) is 6.86. The molecule has 0 aliphatic carbocycles. The molecule has 28 heavy (non-hydrogen) atoms. The van der Waals surface area contributed by atoms with Crippen LogP contribution < -0.4 is 15.4 Å². The minimum Gasteiger partial charge on any atom is -0.477 e. The third kappa shape index (κ3) is 3.66. The van der Waals surface area contributed by atoms with Crippen LogP contribution in [-0.4, -0.2) is 17.5 Å². The largest absolute Gasteiger partial charge is 0.477 e. The van der Waals surface area contributed by atoms with E-state index in [-0.39, 0.29) is 11.3 Å². The Morgan fingerprint density at radius 3 is 2.64 bits per heavy atom. The summed E-state index contributed by atoms with van der Waals surface area (Å²) in [7, 11) is 0. The highest BCUT2D eigenvalue weighted by molar-refractivity contribution is 6.31. The first-order valence-electron chi connectivity index (χ1n) is 8.99. The Balaban J connectivity index is 1.60. The van der Waals surface area contributed by atoms with E-state index in [4.69, 9.17) is 16.3 Å². The highest BCUT2D eigenvalue weighted by Gasteiger charge is 2.25. The Bertz CT molecular complexity index is 1040. The molecule has 0 spiro atoms. The summed E-state index contributed by atoms with van der Waals surface area (Å²) in [4.78, 5) is 16.8. The summed E-state index contributed by atoms with van der Waals surface area (Å²) in [6.07, 6.45) is 1.70. The first-order chi connectivity index (χ1) is 13.4. The van der Waals surface area contributed by atoms with Gasteiger partial charge in [0.15, 0.2) is 0 Å². The smallest absolute Gasteiger partial charge is 0.257 e. The van der Waals surface area contributed by atoms with Gasteiger partial charge in [-0.05, 0) is 42.0 Å². The molecule has 5 nitrogen and oxygen atoms in total. The lowest BCUT2D eigenvalue weighted by Crippen LogP contribution is -2.26. The normalized spacial score (nSPS) is 12.9. The fourth-order valence-electron chi connectivity index (χ4n) is 3.10. The highest BCUT2D eigenvalue weighted by Crippen LogP contribution is 2.36. The lowest BCUT2D eigenvalue weighted by molar-refractivity contribution is 0.102. The lowest BCUT2D eigenvalue weighted by Gasteiger charge is -2.26. The zero-order chi connectivity index (χ0) is 19.7. The number of nitrogens with zero attached hydrogens (tertiary/aromatic N) is 1. The Morgan fingerprint density at radius 1 is 1.00 bits per heavy atom. The predicted octanol–water partition coefficient (Wildman–Crippen LogP) is 5.40. The zero-order valence-corrected chi connectivity index (χ0v) is 16.4. The van der Waals surface area contributed by atoms with Crippen molar-refractivity contribution in [3.05, 3.63) is 76.9 Å². The van der Waals surface area contributed by atoms with Gasteiger partial charge in [-0.3, -0.25) is 4.79 Å². The summed E-state index contributed by atoms with van der Waals surface area (Å²) in [5.74, 6) is 0.422. The van der Waals surface area contributed by atoms with Crippen molar-refractivity contribution in [2.45, 2.75) is 19.3 Å². The minimum absolute atomic E-state index is 0.169. The van der Waals surface area contributed by atoms with Crippen molar-refractivity contribution in [2.75, 3.05) is 17.2 Å². The fourth-order valence-corrected chi connectivity index (χ4v) is 3.27. The van der Waals surface area contributed by atoms with Crippen molar-refractivity contribution in [1.82, 2.24) is 4.98 Å². The van der Waals surface area contributed by atoms with Gasteiger partial charge in [0.1, 0.15) is 0 Å². The van der Waals surface area contributed by atoms with Crippen molar-refractivity contribution in [1.29, 1.82) is 0 Å². The lowest BCUT2D eigenvalue weighted by atomic mass is 9.85. The SMILES string of the molecule is CC(C)(COc1ccccn1)c1ccc2c(c1)NC(=O)c1ccc(Cl)cc1N2. The summed E-state index contributed by atoms with van der Waals surface area (Å²) < 4.78 is 5.85. The van der Waals surface area contributed by atoms with E-state index in [1.807, 2.05) is 36.4 Å². The number of carbonyl (C=O) groups excluding carboxylic acids is 1. The second kappa shape index (κ2) is 7.17. The molecular weight excluding hydrogens is 374 g/mol. The molecule has 1 aliphatic heterocycles. The fraction of sp³-hybridized carbons (Fsp3) is 0.182. The Labute approximate surface area is 168 Å². The molecular formula is C22H20ClN3O2. The van der Waals surface area contributed by atoms with E-state index in [1.165, 1.54) is 0 Å². The van der Waals surface area contributed by atoms with Crippen LogP contribution in [0.5, 0.6) is 5.88 Å². The summed E-state index contributed by atoms with van der Waals surface area (Å²) >= 11 is 6.08. The first kappa shape index (κ1) is 18.3. The number of nitrogens with one attached hydrogen (secondary N) is 2. The number of aromatic nitrogens is 1. The standard InChI is InChI=1S/C22H20ClN3O2/c1-22(2,13-28-20-5-3-4-10-24-20)14-6-9-17-19(11-14)26-21(27)16-8-7-15(23)12-18(16)25-17/h3-12,25H,13H2,1-2H3,(H,26,27). The van der Waals surface area contributed by atoms with Gasteiger partial charge < -0.3 is 15.4 Å². The van der Waals surface area contributed by atoms with Crippen LogP contribution in [0.15, 0.2) is 60.8 Å². The van der Waals surface area contributed by atoms with Gasteiger partial charge in [-0.15, -0.1) is 0 Å². The molecule has 0 saturated heterocycles. The van der Waals surface area contributed by atoms with Gasteiger partial charge in [-0.25, -0.2) is 4.98 Å². The molecule has 0 saturated carbocycles. The number of ether oxygens (including phenoxy) is 1. The first-order valence-corrected chi connectivity index (χ1v) is 9.36. The number of pyridine rings is 1. The number of benzene rings is 2. The van der Waals surface area contributed by atoms with Gasteiger partial charge in [-0.1, -0.05) is 37.6 Å². The number of fused-ring (bicyclic) bond motifs is 2. The van der Waals surface area contributed by atoms with E-state index in [1.54, 1.807) is 24.4 Å². The number of anilines is 3. The number of rotatable bonds is 4. The van der Waals surface area contributed by atoms with Crippen LogP contribution in [0, 0.1) is 0 Å². The third-order valence-electron chi connectivity index (χ3n) is 4.76. The molecule has 0 atom stereocenters. The summed E-state index contributed by atoms with van der Waals surface area (Å²) in [6, 6.07) is 16.7. The molecule has 1 aliphatic rings. The number of carbonyl (C=O) groups is 1. The number of amides is 1. The van der Waals surface area contributed by atoms with E-state index >= 15 is 0 Å². The zero-order valence-electron chi connectivity index (χ0n) is 15.6. The quantitative estimate of drug-likeness (QED) is 0.622. The molecule has 4 rings (SSSR count). The van der Waals surface area contributed by atoms with Gasteiger partial charge in [0, 0.05) is 22.7 Å². The molecule has 0 unspecified atom stereocenters. The van der Waals surface area contributed by atoms with Crippen LogP contribution in [0.25, 0.3) is 0 Å². The third-order valence-corrected chi connectivity index (χ3v) is 5.00. The van der Waals surface area contributed by atoms with Crippen LogP contribution in [0.3, 0.4) is 0 Å². The van der Waals surface area contributed by atoms with Crippen molar-refractivity contribution in [2.24, 2.45) is 0 Å². The molecule has 2 heterocycles. The van der Waals surface area contributed by atoms with E-state index in [0.717, 1.165) is 16.9 Å². The highest BCUT2D eigenvalue weighted by atomic mass is 35.5. The second-order valence-electron chi connectivity index (χ2n) is 7.37. The average Bonchev–Trinajstić information content (AvgIpc) is 2.82. The average molecular weight is 394 g/mol. The van der Waals surface area contributed by atoms with Gasteiger partial charge >= 0.3 is 0 Å². The van der Waals surface area contributed by atoms with E-state index in [2.05, 4.69) is 29.5 Å². The number of hydrogen-bond donors (Lipinski definition) is 2. The number of hydrogen-bond acceptors (Lipinski definition) is 4. The molecule has 6 heteroatoms. The van der Waals surface area contributed by atoms with Crippen molar-refractivity contribution in [3.8, 4) is 5.88 Å². The van der Waals surface area contributed by atoms with Crippen LogP contribution in [0.1, 0.15) is 29.8 Å². The van der Waals surface area contributed by atoms with Gasteiger partial charge in [0.25, 0.3) is 5.91 Å². The molecule has 1 aromatic heterocycles. The summed E-state index contributed by atoms with van der Waals surface area (Å²) in [5.41, 5.74) is 3.56. The molecule has 0 fully saturated rings. The Hall–Kier alpha value is -3.05. The molecule has 0 radical (unpaired) electrons. The molecule has 3 aromatic rings. The second-order valence-corrected chi connectivity index (χ2v) is 7.81. The molecule has 142 valence electrons. The van der Waals surface area contributed by atoms with Gasteiger partial charge in [-0.2, -0.15) is 0 Å². The monoisotopic (exact) mass is 393 g/mol. The van der Waals surface area contributed by atoms with E-state index in [0.29, 0.717) is 28.8 Å². The van der Waals surface area contributed by atoms with Crippen molar-refractivity contribution in [3.63, 3.8) is 0 Å². The maximum absolute atomic E-state index is 12.6. The Kier molecular flexibility index (Phi) is 4.69. The van der Waals surface area contributed by atoms with Crippen LogP contribution in [-0.2, 0) is 5.41 Å². The Morgan fingerprint density at radius 2 is 1.86 bits per heavy atom. The summed E-state index contributed by atoms with van der Waals surface area (Å²) in [6.45, 7) is 4.65. The molecule has 2 N–H and O–H groups in total. The van der Waals surface area contributed by atoms with E-state index < -0.39 is 0 Å². The predicted molar refractivity (Wildman–Crippen MR) is 112 cm³/mol. The maximum Gasteiger partial charge on any atom is 0.257 e. The van der Waals surface area contributed by atoms with Crippen LogP contribution in [0.2, 0.25) is 5.02 Å². The molecule has 1 amide bonds. The van der Waals surface area contributed by atoms with Crippen LogP contribution in [0.4, 0.5) is 17.1 Å². The molecule has 2 aromatic carbocycles. The molecule has 0 bridgehead atoms. The van der Waals surface area contributed by atoms with Crippen LogP contribution >= 0.6 is 11.6 Å². The minimum atomic E-state index is -0.278.